The van der Waals surface area contributed by atoms with E-state index in [1.165, 1.54) is 12.1 Å². The van der Waals surface area contributed by atoms with Crippen LogP contribution in [0, 0.1) is 0 Å². The van der Waals surface area contributed by atoms with Crippen molar-refractivity contribution in [3.8, 4) is 17.2 Å². The Balaban J connectivity index is 2.02. The second-order valence-corrected chi connectivity index (χ2v) is 8.73. The van der Waals surface area contributed by atoms with Gasteiger partial charge >= 0.3 is 5.97 Å². The number of phenolic OH excluding ortho intramolecular Hbond substituents is 1. The van der Waals surface area contributed by atoms with Gasteiger partial charge in [-0.2, -0.15) is 0 Å². The molecule has 0 amide bonds. The number of benzene rings is 3. The highest BCUT2D eigenvalue weighted by Crippen LogP contribution is 2.41. The number of aromatic hydroxyl groups is 1. The van der Waals surface area contributed by atoms with E-state index in [2.05, 4.69) is 31.9 Å². The number of rotatable bonds is 6. The van der Waals surface area contributed by atoms with E-state index < -0.39 is 5.97 Å². The van der Waals surface area contributed by atoms with Crippen LogP contribution in [0.15, 0.2) is 63.5 Å². The maximum atomic E-state index is 11.2. The van der Waals surface area contributed by atoms with Crippen molar-refractivity contribution in [2.24, 2.45) is 0 Å². The first-order valence-electron chi connectivity index (χ1n) is 9.26. The van der Waals surface area contributed by atoms with Crippen molar-refractivity contribution in [2.45, 2.75) is 19.8 Å². The number of carbonyl (C=O) groups is 1. The number of ether oxygens (including phenoxy) is 1. The molecule has 3 rings (SSSR count). The van der Waals surface area contributed by atoms with E-state index in [0.29, 0.717) is 26.0 Å². The zero-order valence-electron chi connectivity index (χ0n) is 16.4. The van der Waals surface area contributed by atoms with Gasteiger partial charge in [-0.3, -0.25) is 0 Å². The van der Waals surface area contributed by atoms with Crippen LogP contribution in [-0.2, 0) is 0 Å². The quantitative estimate of drug-likeness (QED) is 0.320. The van der Waals surface area contributed by atoms with Crippen molar-refractivity contribution in [1.29, 1.82) is 0 Å². The SMILES string of the molecule is CC(C)c1cc(Oc2c(Br)cc(C(=O)O)cc2Br)cc(/C=C/c2ccccc2)c1O. The minimum Gasteiger partial charge on any atom is -0.507 e. The molecule has 0 unspecified atom stereocenters. The van der Waals surface area contributed by atoms with Crippen molar-refractivity contribution < 1.29 is 19.7 Å². The third-order valence-corrected chi connectivity index (χ3v) is 5.66. The van der Waals surface area contributed by atoms with Crippen molar-refractivity contribution in [3.63, 3.8) is 0 Å². The number of halogens is 2. The van der Waals surface area contributed by atoms with Gasteiger partial charge in [-0.1, -0.05) is 56.3 Å². The van der Waals surface area contributed by atoms with Crippen molar-refractivity contribution >= 4 is 50.0 Å². The van der Waals surface area contributed by atoms with Gasteiger partial charge in [0, 0.05) is 11.1 Å². The minimum absolute atomic E-state index is 0.0821. The number of hydrogen-bond acceptors (Lipinski definition) is 3. The zero-order chi connectivity index (χ0) is 21.8. The number of aromatic carboxylic acids is 1. The van der Waals surface area contributed by atoms with E-state index in [0.717, 1.165) is 11.1 Å². The van der Waals surface area contributed by atoms with Gasteiger partial charge in [-0.25, -0.2) is 4.79 Å². The maximum Gasteiger partial charge on any atom is 0.335 e. The van der Waals surface area contributed by atoms with E-state index >= 15 is 0 Å². The molecule has 0 spiro atoms. The van der Waals surface area contributed by atoms with Crippen LogP contribution in [-0.4, -0.2) is 16.2 Å². The number of phenols is 1. The summed E-state index contributed by atoms with van der Waals surface area (Å²) in [4.78, 5) is 11.2. The molecule has 0 saturated carbocycles. The second kappa shape index (κ2) is 9.49. The molecule has 3 aromatic carbocycles. The number of carboxylic acid groups (broad SMARTS) is 1. The van der Waals surface area contributed by atoms with Gasteiger partial charge in [0.15, 0.2) is 5.75 Å². The van der Waals surface area contributed by atoms with Crippen LogP contribution >= 0.6 is 31.9 Å². The van der Waals surface area contributed by atoms with Crippen LogP contribution in [0.3, 0.4) is 0 Å². The van der Waals surface area contributed by atoms with Crippen LogP contribution in [0.4, 0.5) is 0 Å². The highest BCUT2D eigenvalue weighted by molar-refractivity contribution is 9.11. The first-order valence-corrected chi connectivity index (χ1v) is 10.8. The van der Waals surface area contributed by atoms with Crippen molar-refractivity contribution in [2.75, 3.05) is 0 Å². The smallest absolute Gasteiger partial charge is 0.335 e. The van der Waals surface area contributed by atoms with Gasteiger partial charge in [0.1, 0.15) is 11.5 Å². The minimum atomic E-state index is -1.02. The lowest BCUT2D eigenvalue weighted by Gasteiger charge is -2.16. The van der Waals surface area contributed by atoms with Gasteiger partial charge < -0.3 is 14.9 Å². The topological polar surface area (TPSA) is 66.8 Å². The largest absolute Gasteiger partial charge is 0.507 e. The Labute approximate surface area is 192 Å². The fourth-order valence-corrected chi connectivity index (χ4v) is 4.27. The molecule has 30 heavy (non-hydrogen) atoms. The monoisotopic (exact) mass is 530 g/mol. The molecule has 6 heteroatoms. The zero-order valence-corrected chi connectivity index (χ0v) is 19.6. The highest BCUT2D eigenvalue weighted by Gasteiger charge is 2.17. The lowest BCUT2D eigenvalue weighted by Crippen LogP contribution is -1.98. The van der Waals surface area contributed by atoms with E-state index in [4.69, 9.17) is 4.74 Å². The Kier molecular flexibility index (Phi) is 7.00. The summed E-state index contributed by atoms with van der Waals surface area (Å²) in [5, 5.41) is 20.0. The average molecular weight is 532 g/mol. The summed E-state index contributed by atoms with van der Waals surface area (Å²) in [6, 6.07) is 16.3. The molecule has 0 atom stereocenters. The van der Waals surface area contributed by atoms with Gasteiger partial charge in [-0.15, -0.1) is 0 Å². The Hall–Kier alpha value is -2.57. The molecule has 0 saturated heterocycles. The fraction of sp³-hybridized carbons (Fsp3) is 0.125. The van der Waals surface area contributed by atoms with Gasteiger partial charge in [0.05, 0.1) is 14.5 Å². The van der Waals surface area contributed by atoms with Gasteiger partial charge in [0.2, 0.25) is 0 Å². The standard InChI is InChI=1S/C24H20Br2O4/c1-14(2)19-13-18(30-23-20(25)11-17(24(28)29)12-21(23)26)10-16(22(19)27)9-8-15-6-4-3-5-7-15/h3-14,27H,1-2H3,(H,28,29)/b9-8+. The molecule has 4 nitrogen and oxygen atoms in total. The Morgan fingerprint density at radius 3 is 2.20 bits per heavy atom. The van der Waals surface area contributed by atoms with Crippen LogP contribution in [0.1, 0.15) is 46.8 Å². The lowest BCUT2D eigenvalue weighted by atomic mass is 9.98. The lowest BCUT2D eigenvalue weighted by molar-refractivity contribution is 0.0696. The summed E-state index contributed by atoms with van der Waals surface area (Å²) < 4.78 is 7.10. The molecule has 0 fully saturated rings. The first kappa shape index (κ1) is 22.1. The average Bonchev–Trinajstić information content (AvgIpc) is 2.70. The fourth-order valence-electron chi connectivity index (χ4n) is 2.93. The molecule has 0 radical (unpaired) electrons. The molecule has 0 bridgehead atoms. The summed E-state index contributed by atoms with van der Waals surface area (Å²) in [7, 11) is 0. The molecular formula is C24H20Br2O4. The molecule has 154 valence electrons. The van der Waals surface area contributed by atoms with Crippen LogP contribution < -0.4 is 4.74 Å². The molecular weight excluding hydrogens is 512 g/mol. The number of hydrogen-bond donors (Lipinski definition) is 2. The molecule has 0 aliphatic heterocycles. The van der Waals surface area contributed by atoms with Gasteiger partial charge in [0.25, 0.3) is 0 Å². The molecule has 0 aliphatic carbocycles. The normalized spacial score (nSPS) is 11.2. The third-order valence-electron chi connectivity index (χ3n) is 4.48. The van der Waals surface area contributed by atoms with Gasteiger partial charge in [-0.05, 0) is 67.6 Å². The van der Waals surface area contributed by atoms with Crippen LogP contribution in [0.2, 0.25) is 0 Å². The molecule has 0 aromatic heterocycles. The van der Waals surface area contributed by atoms with Crippen molar-refractivity contribution in [1.82, 2.24) is 0 Å². The molecule has 2 N–H and O–H groups in total. The summed E-state index contributed by atoms with van der Waals surface area (Å²) in [5.41, 5.74) is 2.55. The summed E-state index contributed by atoms with van der Waals surface area (Å²) in [5.74, 6) is 0.262. The Morgan fingerprint density at radius 1 is 1.00 bits per heavy atom. The maximum absolute atomic E-state index is 11.2. The highest BCUT2D eigenvalue weighted by atomic mass is 79.9. The first-order chi connectivity index (χ1) is 14.3. The van der Waals surface area contributed by atoms with E-state index in [9.17, 15) is 15.0 Å². The van der Waals surface area contributed by atoms with Crippen LogP contribution in [0.5, 0.6) is 17.2 Å². The van der Waals surface area contributed by atoms with E-state index in [1.54, 1.807) is 12.1 Å². The predicted octanol–water partition coefficient (Wildman–Crippen LogP) is 7.70. The predicted molar refractivity (Wildman–Crippen MR) is 126 cm³/mol. The summed E-state index contributed by atoms with van der Waals surface area (Å²) in [6.45, 7) is 3.99. The summed E-state index contributed by atoms with van der Waals surface area (Å²) in [6.07, 6.45) is 3.78. The van der Waals surface area contributed by atoms with E-state index in [1.807, 2.05) is 56.3 Å². The number of carboxylic acids is 1. The Bertz CT molecular complexity index is 1080. The van der Waals surface area contributed by atoms with Crippen LogP contribution in [0.25, 0.3) is 12.2 Å². The molecule has 0 heterocycles. The Morgan fingerprint density at radius 2 is 1.63 bits per heavy atom. The second-order valence-electron chi connectivity index (χ2n) is 7.03. The molecule has 0 aliphatic rings. The van der Waals surface area contributed by atoms with E-state index in [-0.39, 0.29) is 17.2 Å². The third kappa shape index (κ3) is 5.12. The summed E-state index contributed by atoms with van der Waals surface area (Å²) >= 11 is 6.77. The van der Waals surface area contributed by atoms with Crippen molar-refractivity contribution in [3.05, 3.63) is 85.8 Å². The molecule has 3 aromatic rings.